The lowest BCUT2D eigenvalue weighted by molar-refractivity contribution is 0.990. The molecule has 84 valence electrons. The maximum atomic E-state index is 6.07. The second-order valence-electron chi connectivity index (χ2n) is 3.42. The molecule has 0 saturated heterocycles. The number of aryl methyl sites for hydroxylation is 2. The van der Waals surface area contributed by atoms with Gasteiger partial charge in [-0.25, -0.2) is 9.97 Å². The molecule has 0 aliphatic rings. The largest absolute Gasteiger partial charge is 0.232 e. The van der Waals surface area contributed by atoms with Gasteiger partial charge in [-0.2, -0.15) is 11.3 Å². The normalized spacial score (nSPS) is 10.8. The molecule has 0 fully saturated rings. The first-order chi connectivity index (χ1) is 7.63. The van der Waals surface area contributed by atoms with Gasteiger partial charge < -0.3 is 0 Å². The molecule has 2 heterocycles. The Balaban J connectivity index is 2.59. The van der Waals surface area contributed by atoms with Crippen LogP contribution in [-0.4, -0.2) is 9.97 Å². The second kappa shape index (κ2) is 4.82. The van der Waals surface area contributed by atoms with E-state index in [1.165, 1.54) is 5.56 Å². The van der Waals surface area contributed by atoms with Gasteiger partial charge in [-0.15, -0.1) is 0 Å². The molecule has 0 amide bonds. The Morgan fingerprint density at radius 3 is 2.69 bits per heavy atom. The minimum atomic E-state index is 0.479. The molecule has 0 aromatic carbocycles. The van der Waals surface area contributed by atoms with Crippen molar-refractivity contribution in [3.63, 3.8) is 0 Å². The minimum absolute atomic E-state index is 0.479. The van der Waals surface area contributed by atoms with Crippen LogP contribution in [0, 0.1) is 6.92 Å². The van der Waals surface area contributed by atoms with Crippen LogP contribution in [0.1, 0.15) is 18.2 Å². The first kappa shape index (κ1) is 12.0. The molecule has 5 heteroatoms. The molecule has 0 bridgehead atoms. The van der Waals surface area contributed by atoms with E-state index in [0.29, 0.717) is 11.0 Å². The Hall–Kier alpha value is -0.450. The highest BCUT2D eigenvalue weighted by molar-refractivity contribution is 9.10. The zero-order valence-electron chi connectivity index (χ0n) is 8.92. The summed E-state index contributed by atoms with van der Waals surface area (Å²) < 4.78 is 0.799. The number of nitrogens with zero attached hydrogens (tertiary/aromatic N) is 2. The molecule has 2 aromatic heterocycles. The molecule has 0 unspecified atom stereocenters. The topological polar surface area (TPSA) is 25.8 Å². The van der Waals surface area contributed by atoms with Gasteiger partial charge in [0.05, 0.1) is 10.2 Å². The van der Waals surface area contributed by atoms with Crippen molar-refractivity contribution in [2.24, 2.45) is 0 Å². The number of thiophene rings is 1. The third-order valence-electron chi connectivity index (χ3n) is 2.31. The standard InChI is InChI=1S/C11H10BrClN2S/c1-3-8-9(12)10(13)15-11(14-8)7-5-16-4-6(7)2/h4-5H,3H2,1-2H3. The zero-order chi connectivity index (χ0) is 11.7. The van der Waals surface area contributed by atoms with Crippen LogP contribution in [0.5, 0.6) is 0 Å². The van der Waals surface area contributed by atoms with Gasteiger partial charge in [0.1, 0.15) is 5.15 Å². The first-order valence-electron chi connectivity index (χ1n) is 4.88. The van der Waals surface area contributed by atoms with Crippen molar-refractivity contribution in [3.8, 4) is 11.4 Å². The van der Waals surface area contributed by atoms with Gasteiger partial charge in [0, 0.05) is 10.9 Å². The lowest BCUT2D eigenvalue weighted by Crippen LogP contribution is -1.97. The van der Waals surface area contributed by atoms with Gasteiger partial charge in [-0.3, -0.25) is 0 Å². The zero-order valence-corrected chi connectivity index (χ0v) is 12.1. The van der Waals surface area contributed by atoms with E-state index >= 15 is 0 Å². The predicted molar refractivity (Wildman–Crippen MR) is 72.2 cm³/mol. The Morgan fingerprint density at radius 2 is 2.12 bits per heavy atom. The molecule has 2 aromatic rings. The summed E-state index contributed by atoms with van der Waals surface area (Å²) >= 11 is 11.1. The molecular formula is C11H10BrClN2S. The summed E-state index contributed by atoms with van der Waals surface area (Å²) in [5.74, 6) is 0.712. The summed E-state index contributed by atoms with van der Waals surface area (Å²) in [4.78, 5) is 8.82. The molecule has 2 rings (SSSR count). The van der Waals surface area contributed by atoms with Crippen LogP contribution < -0.4 is 0 Å². The number of rotatable bonds is 2. The fourth-order valence-corrected chi connectivity index (χ4v) is 2.88. The third-order valence-corrected chi connectivity index (χ3v) is 4.51. The predicted octanol–water partition coefficient (Wildman–Crippen LogP) is 4.49. The van der Waals surface area contributed by atoms with Gasteiger partial charge in [0.15, 0.2) is 5.82 Å². The van der Waals surface area contributed by atoms with Crippen LogP contribution in [0.2, 0.25) is 5.15 Å². The van der Waals surface area contributed by atoms with Gasteiger partial charge in [0.2, 0.25) is 0 Å². The Labute approximate surface area is 112 Å². The Kier molecular flexibility index (Phi) is 3.62. The summed E-state index contributed by atoms with van der Waals surface area (Å²) in [6.07, 6.45) is 0.832. The summed E-state index contributed by atoms with van der Waals surface area (Å²) in [5.41, 5.74) is 3.19. The molecule has 2 nitrogen and oxygen atoms in total. The van der Waals surface area contributed by atoms with E-state index in [9.17, 15) is 0 Å². The van der Waals surface area contributed by atoms with Crippen LogP contribution in [-0.2, 0) is 6.42 Å². The highest BCUT2D eigenvalue weighted by atomic mass is 79.9. The van der Waals surface area contributed by atoms with Crippen molar-refractivity contribution in [3.05, 3.63) is 31.6 Å². The second-order valence-corrected chi connectivity index (χ2v) is 5.32. The van der Waals surface area contributed by atoms with E-state index in [1.807, 2.05) is 12.3 Å². The van der Waals surface area contributed by atoms with E-state index in [0.717, 1.165) is 22.2 Å². The summed E-state index contributed by atoms with van der Waals surface area (Å²) in [6, 6.07) is 0. The van der Waals surface area contributed by atoms with Crippen molar-refractivity contribution in [1.82, 2.24) is 9.97 Å². The molecule has 0 aliphatic carbocycles. The van der Waals surface area contributed by atoms with Crippen molar-refractivity contribution in [2.45, 2.75) is 20.3 Å². The lowest BCUT2D eigenvalue weighted by atomic mass is 10.2. The van der Waals surface area contributed by atoms with Crippen LogP contribution in [0.3, 0.4) is 0 Å². The average Bonchev–Trinajstić information content (AvgIpc) is 2.68. The number of hydrogen-bond acceptors (Lipinski definition) is 3. The van der Waals surface area contributed by atoms with Gasteiger partial charge in [-0.05, 0) is 40.2 Å². The molecule has 0 N–H and O–H groups in total. The van der Waals surface area contributed by atoms with Gasteiger partial charge in [0.25, 0.3) is 0 Å². The summed E-state index contributed by atoms with van der Waals surface area (Å²) in [6.45, 7) is 4.10. The third kappa shape index (κ3) is 2.14. The van der Waals surface area contributed by atoms with Crippen LogP contribution in [0.25, 0.3) is 11.4 Å². The smallest absolute Gasteiger partial charge is 0.162 e. The van der Waals surface area contributed by atoms with E-state index in [1.54, 1.807) is 11.3 Å². The maximum absolute atomic E-state index is 6.07. The fraction of sp³-hybridized carbons (Fsp3) is 0.273. The number of aromatic nitrogens is 2. The minimum Gasteiger partial charge on any atom is -0.232 e. The molecule has 0 saturated carbocycles. The van der Waals surface area contributed by atoms with Crippen molar-refractivity contribution < 1.29 is 0 Å². The molecule has 16 heavy (non-hydrogen) atoms. The molecule has 0 aliphatic heterocycles. The highest BCUT2D eigenvalue weighted by Gasteiger charge is 2.12. The van der Waals surface area contributed by atoms with E-state index < -0.39 is 0 Å². The Morgan fingerprint density at radius 1 is 1.38 bits per heavy atom. The molecule has 0 spiro atoms. The van der Waals surface area contributed by atoms with Crippen LogP contribution in [0.4, 0.5) is 0 Å². The lowest BCUT2D eigenvalue weighted by Gasteiger charge is -2.06. The fourth-order valence-electron chi connectivity index (χ4n) is 1.41. The molecule has 0 atom stereocenters. The number of hydrogen-bond donors (Lipinski definition) is 0. The monoisotopic (exact) mass is 316 g/mol. The summed E-state index contributed by atoms with van der Waals surface area (Å²) in [7, 11) is 0. The first-order valence-corrected chi connectivity index (χ1v) is 7.00. The van der Waals surface area contributed by atoms with Crippen molar-refractivity contribution >= 4 is 38.9 Å². The van der Waals surface area contributed by atoms with Crippen molar-refractivity contribution in [1.29, 1.82) is 0 Å². The quantitative estimate of drug-likeness (QED) is 0.763. The molecular weight excluding hydrogens is 308 g/mol. The maximum Gasteiger partial charge on any atom is 0.162 e. The van der Waals surface area contributed by atoms with Crippen LogP contribution in [0.15, 0.2) is 15.2 Å². The SMILES string of the molecule is CCc1nc(-c2cscc2C)nc(Cl)c1Br. The van der Waals surface area contributed by atoms with Crippen molar-refractivity contribution in [2.75, 3.05) is 0 Å². The van der Waals surface area contributed by atoms with E-state index in [4.69, 9.17) is 11.6 Å². The van der Waals surface area contributed by atoms with Crippen LogP contribution >= 0.6 is 38.9 Å². The van der Waals surface area contributed by atoms with Gasteiger partial charge in [-0.1, -0.05) is 18.5 Å². The Bertz CT molecular complexity index is 525. The van der Waals surface area contributed by atoms with E-state index in [2.05, 4.69) is 38.2 Å². The summed E-state index contributed by atoms with van der Waals surface area (Å²) in [5, 5.41) is 4.61. The van der Waals surface area contributed by atoms with E-state index in [-0.39, 0.29) is 0 Å². The molecule has 0 radical (unpaired) electrons. The average molecular weight is 318 g/mol. The van der Waals surface area contributed by atoms with Gasteiger partial charge >= 0.3 is 0 Å². The highest BCUT2D eigenvalue weighted by Crippen LogP contribution is 2.29. The number of halogens is 2.